The highest BCUT2D eigenvalue weighted by Crippen LogP contribution is 2.43. The van der Waals surface area contributed by atoms with E-state index in [0.717, 1.165) is 17.9 Å². The number of nitriles is 1. The van der Waals surface area contributed by atoms with E-state index in [-0.39, 0.29) is 17.7 Å². The first-order valence-electron chi connectivity index (χ1n) is 7.59. The van der Waals surface area contributed by atoms with Crippen molar-refractivity contribution in [2.75, 3.05) is 11.9 Å². The monoisotopic (exact) mass is 340 g/mol. The van der Waals surface area contributed by atoms with Crippen LogP contribution in [0, 0.1) is 11.3 Å². The average Bonchev–Trinajstić information content (AvgIpc) is 3.35. The lowest BCUT2D eigenvalue weighted by molar-refractivity contribution is 0.334. The number of anilines is 1. The summed E-state index contributed by atoms with van der Waals surface area (Å²) >= 11 is 5.30. The van der Waals surface area contributed by atoms with E-state index in [2.05, 4.69) is 25.6 Å². The zero-order chi connectivity index (χ0) is 16.9. The quantitative estimate of drug-likeness (QED) is 0.798. The maximum absolute atomic E-state index is 9.02. The number of pyridine rings is 1. The fraction of sp³-hybridized carbons (Fsp3) is 0.312. The van der Waals surface area contributed by atoms with Crippen molar-refractivity contribution in [3.63, 3.8) is 0 Å². The summed E-state index contributed by atoms with van der Waals surface area (Å²) in [7, 11) is 0. The summed E-state index contributed by atoms with van der Waals surface area (Å²) in [6.45, 7) is 2.55. The van der Waals surface area contributed by atoms with Crippen molar-refractivity contribution in [1.29, 1.82) is 5.26 Å². The third kappa shape index (κ3) is 3.58. The molecule has 0 aliphatic heterocycles. The molecule has 1 aliphatic rings. The number of thiocarbonyl (C=S) groups is 1. The zero-order valence-corrected chi connectivity index (χ0v) is 13.9. The van der Waals surface area contributed by atoms with Gasteiger partial charge in [-0.1, -0.05) is 0 Å². The van der Waals surface area contributed by atoms with Crippen molar-refractivity contribution < 1.29 is 4.74 Å². The van der Waals surface area contributed by atoms with Gasteiger partial charge in [-0.15, -0.1) is 0 Å². The molecule has 2 aromatic rings. The second-order valence-corrected chi connectivity index (χ2v) is 5.64. The Morgan fingerprint density at radius 1 is 1.38 bits per heavy atom. The summed E-state index contributed by atoms with van der Waals surface area (Å²) in [6, 6.07) is 5.95. The molecule has 24 heavy (non-hydrogen) atoms. The standard InChI is InChI=1S/C16H16N6OS/c1-2-23-13-4-3-5-19-14(13)10-8-11(10)21-16(24)22-15-12(9-17)18-6-7-20-15/h3-7,10-11H,2,8H2,1H3,(H2,20,21,22,24). The molecule has 8 heteroatoms. The topological polar surface area (TPSA) is 95.8 Å². The predicted molar refractivity (Wildman–Crippen MR) is 92.7 cm³/mol. The third-order valence-corrected chi connectivity index (χ3v) is 3.81. The van der Waals surface area contributed by atoms with E-state index >= 15 is 0 Å². The molecule has 0 aromatic carbocycles. The molecule has 0 saturated heterocycles. The van der Waals surface area contributed by atoms with Crippen LogP contribution in [0.15, 0.2) is 30.7 Å². The Morgan fingerprint density at radius 3 is 3.00 bits per heavy atom. The number of hydrogen-bond donors (Lipinski definition) is 2. The number of hydrogen-bond acceptors (Lipinski definition) is 6. The molecule has 3 rings (SSSR count). The van der Waals surface area contributed by atoms with Gasteiger partial charge < -0.3 is 15.4 Å². The van der Waals surface area contributed by atoms with Gasteiger partial charge in [0.05, 0.1) is 12.3 Å². The summed E-state index contributed by atoms with van der Waals surface area (Å²) in [5, 5.41) is 15.6. The molecule has 7 nitrogen and oxygen atoms in total. The molecule has 0 bridgehead atoms. The van der Waals surface area contributed by atoms with E-state index < -0.39 is 0 Å². The van der Waals surface area contributed by atoms with Gasteiger partial charge in [-0.2, -0.15) is 5.26 Å². The summed E-state index contributed by atoms with van der Waals surface area (Å²) in [5.41, 5.74) is 1.15. The molecule has 1 fully saturated rings. The molecular formula is C16H16N6OS. The molecule has 2 heterocycles. The van der Waals surface area contributed by atoms with Crippen molar-refractivity contribution in [2.24, 2.45) is 0 Å². The lowest BCUT2D eigenvalue weighted by Crippen LogP contribution is -2.31. The average molecular weight is 340 g/mol. The van der Waals surface area contributed by atoms with E-state index in [9.17, 15) is 0 Å². The smallest absolute Gasteiger partial charge is 0.183 e. The molecule has 2 aromatic heterocycles. The van der Waals surface area contributed by atoms with Crippen molar-refractivity contribution in [3.05, 3.63) is 42.1 Å². The molecule has 1 saturated carbocycles. The van der Waals surface area contributed by atoms with Gasteiger partial charge in [0.25, 0.3) is 0 Å². The third-order valence-electron chi connectivity index (χ3n) is 3.59. The molecule has 0 spiro atoms. The van der Waals surface area contributed by atoms with Gasteiger partial charge in [0.2, 0.25) is 0 Å². The maximum atomic E-state index is 9.02. The second-order valence-electron chi connectivity index (χ2n) is 5.23. The van der Waals surface area contributed by atoms with Crippen molar-refractivity contribution in [3.8, 4) is 11.8 Å². The van der Waals surface area contributed by atoms with E-state index in [1.165, 1.54) is 12.4 Å². The van der Waals surface area contributed by atoms with Crippen LogP contribution >= 0.6 is 12.2 Å². The van der Waals surface area contributed by atoms with Gasteiger partial charge in [0.1, 0.15) is 11.8 Å². The van der Waals surface area contributed by atoms with Crippen LogP contribution in [0.3, 0.4) is 0 Å². The van der Waals surface area contributed by atoms with Crippen LogP contribution in [0.25, 0.3) is 0 Å². The number of aromatic nitrogens is 3. The van der Waals surface area contributed by atoms with Crippen LogP contribution < -0.4 is 15.4 Å². The first kappa shape index (κ1) is 16.1. The van der Waals surface area contributed by atoms with Crippen LogP contribution in [-0.2, 0) is 0 Å². The van der Waals surface area contributed by atoms with Gasteiger partial charge in [0, 0.05) is 30.6 Å². The Hall–Kier alpha value is -2.79. The minimum atomic E-state index is 0.182. The summed E-state index contributed by atoms with van der Waals surface area (Å²) < 4.78 is 5.62. The van der Waals surface area contributed by atoms with Gasteiger partial charge in [-0.3, -0.25) is 4.98 Å². The Morgan fingerprint density at radius 2 is 2.21 bits per heavy atom. The second kappa shape index (κ2) is 7.19. The number of nitrogens with zero attached hydrogens (tertiary/aromatic N) is 4. The lowest BCUT2D eigenvalue weighted by Gasteiger charge is -2.11. The highest BCUT2D eigenvalue weighted by molar-refractivity contribution is 7.80. The summed E-state index contributed by atoms with van der Waals surface area (Å²) in [4.78, 5) is 12.5. The minimum absolute atomic E-state index is 0.182. The van der Waals surface area contributed by atoms with Crippen LogP contribution in [0.4, 0.5) is 5.82 Å². The van der Waals surface area contributed by atoms with E-state index in [0.29, 0.717) is 17.5 Å². The van der Waals surface area contributed by atoms with E-state index in [1.807, 2.05) is 25.1 Å². The lowest BCUT2D eigenvalue weighted by atomic mass is 10.2. The molecule has 0 amide bonds. The Labute approximate surface area is 145 Å². The predicted octanol–water partition coefficient (Wildman–Crippen LogP) is 1.98. The normalized spacial score (nSPS) is 18.3. The largest absolute Gasteiger partial charge is 0.492 e. The van der Waals surface area contributed by atoms with Crippen molar-refractivity contribution >= 4 is 23.1 Å². The van der Waals surface area contributed by atoms with Crippen LogP contribution in [0.2, 0.25) is 0 Å². The molecule has 122 valence electrons. The molecule has 2 atom stereocenters. The molecule has 2 unspecified atom stereocenters. The van der Waals surface area contributed by atoms with Crippen molar-refractivity contribution in [2.45, 2.75) is 25.3 Å². The van der Waals surface area contributed by atoms with Gasteiger partial charge in [-0.05, 0) is 37.7 Å². The Balaban J connectivity index is 1.61. The fourth-order valence-corrected chi connectivity index (χ4v) is 2.69. The van der Waals surface area contributed by atoms with Crippen LogP contribution in [0.1, 0.15) is 30.7 Å². The van der Waals surface area contributed by atoms with Crippen LogP contribution in [0.5, 0.6) is 5.75 Å². The molecular weight excluding hydrogens is 324 g/mol. The van der Waals surface area contributed by atoms with Crippen molar-refractivity contribution in [1.82, 2.24) is 20.3 Å². The highest BCUT2D eigenvalue weighted by atomic mass is 32.1. The Bertz CT molecular complexity index is 790. The summed E-state index contributed by atoms with van der Waals surface area (Å²) in [6.07, 6.45) is 5.66. The number of rotatable bonds is 5. The molecule has 0 radical (unpaired) electrons. The Kier molecular flexibility index (Phi) is 4.82. The first-order chi connectivity index (χ1) is 11.7. The highest BCUT2D eigenvalue weighted by Gasteiger charge is 2.41. The summed E-state index contributed by atoms with van der Waals surface area (Å²) in [5.74, 6) is 1.42. The zero-order valence-electron chi connectivity index (χ0n) is 13.1. The maximum Gasteiger partial charge on any atom is 0.183 e. The first-order valence-corrected chi connectivity index (χ1v) is 8.00. The van der Waals surface area contributed by atoms with Gasteiger partial charge in [0.15, 0.2) is 16.6 Å². The van der Waals surface area contributed by atoms with Gasteiger partial charge >= 0.3 is 0 Å². The fourth-order valence-electron chi connectivity index (χ4n) is 2.44. The molecule has 2 N–H and O–H groups in total. The van der Waals surface area contributed by atoms with E-state index in [1.54, 1.807) is 6.20 Å². The number of nitrogens with one attached hydrogen (secondary N) is 2. The minimum Gasteiger partial charge on any atom is -0.492 e. The van der Waals surface area contributed by atoms with E-state index in [4.69, 9.17) is 22.2 Å². The molecule has 1 aliphatic carbocycles. The van der Waals surface area contributed by atoms with Gasteiger partial charge in [-0.25, -0.2) is 9.97 Å². The van der Waals surface area contributed by atoms with Crippen LogP contribution in [-0.4, -0.2) is 32.7 Å². The number of ether oxygens (including phenoxy) is 1. The SMILES string of the molecule is CCOc1cccnc1C1CC1NC(=S)Nc1nccnc1C#N.